The number of carbonyl (C=O) groups excluding carboxylic acids is 1. The molecule has 0 atom stereocenters. The van der Waals surface area contributed by atoms with Crippen LogP contribution in [0, 0.1) is 7.14 Å². The molecule has 204 valence electrons. The molecule has 0 amide bonds. The zero-order valence-corrected chi connectivity index (χ0v) is 27.1. The Morgan fingerprint density at radius 1 is 0.917 bits per heavy atom. The van der Waals surface area contributed by atoms with E-state index in [9.17, 15) is 21.6 Å². The van der Waals surface area contributed by atoms with Crippen LogP contribution in [-0.4, -0.2) is 59.5 Å². The van der Waals surface area contributed by atoms with Crippen molar-refractivity contribution in [3.8, 4) is 0 Å². The minimum Gasteiger partial charge on any atom is -0.462 e. The van der Waals surface area contributed by atoms with Crippen LogP contribution in [0.25, 0.3) is 0 Å². The molecule has 0 saturated carbocycles. The highest BCUT2D eigenvalue weighted by atomic mass is 127. The molecule has 0 heterocycles. The van der Waals surface area contributed by atoms with Gasteiger partial charge in [-0.2, -0.15) is 0 Å². The molecular formula is C21H30I2N2O7S4. The predicted molar refractivity (Wildman–Crippen MR) is 167 cm³/mol. The van der Waals surface area contributed by atoms with Gasteiger partial charge in [0.2, 0.25) is 20.0 Å². The molecule has 15 heteroatoms. The molecule has 2 aromatic rings. The first-order valence-corrected chi connectivity index (χ1v) is 18.0. The Labute approximate surface area is 249 Å². The number of hydrogen-bond donors (Lipinski definition) is 3. The van der Waals surface area contributed by atoms with E-state index in [1.807, 2.05) is 57.7 Å². The van der Waals surface area contributed by atoms with Gasteiger partial charge in [0.1, 0.15) is 0 Å². The molecule has 2 rings (SSSR count). The summed E-state index contributed by atoms with van der Waals surface area (Å²) in [7, 11) is -6.62. The van der Waals surface area contributed by atoms with Crippen molar-refractivity contribution in [2.24, 2.45) is 0 Å². The van der Waals surface area contributed by atoms with Gasteiger partial charge in [-0.05, 0) is 94.4 Å². The average molecular weight is 805 g/mol. The second-order valence-corrected chi connectivity index (χ2v) is 14.3. The lowest BCUT2D eigenvalue weighted by Crippen LogP contribution is -2.12. The maximum absolute atomic E-state index is 11.8. The number of halogens is 2. The van der Waals surface area contributed by atoms with Crippen LogP contribution in [0.4, 0.5) is 11.4 Å². The number of sulfonamides is 2. The smallest absolute Gasteiger partial charge is 0.339 e. The van der Waals surface area contributed by atoms with Gasteiger partial charge in [0, 0.05) is 16.9 Å². The first-order chi connectivity index (χ1) is 16.1. The van der Waals surface area contributed by atoms with E-state index in [1.165, 1.54) is 23.5 Å². The number of thioether (sulfide) groups is 2. The van der Waals surface area contributed by atoms with E-state index in [0.29, 0.717) is 32.0 Å². The van der Waals surface area contributed by atoms with E-state index < -0.39 is 26.0 Å². The monoisotopic (exact) mass is 804 g/mol. The molecule has 0 fully saturated rings. The van der Waals surface area contributed by atoms with Crippen molar-refractivity contribution in [2.75, 3.05) is 41.1 Å². The second-order valence-electron chi connectivity index (χ2n) is 6.80. The summed E-state index contributed by atoms with van der Waals surface area (Å²) >= 11 is 6.84. The van der Waals surface area contributed by atoms with Crippen LogP contribution in [0.1, 0.15) is 30.3 Å². The molecule has 0 saturated heterocycles. The van der Waals surface area contributed by atoms with E-state index >= 15 is 0 Å². The van der Waals surface area contributed by atoms with Crippen LogP contribution < -0.4 is 9.44 Å². The summed E-state index contributed by atoms with van der Waals surface area (Å²) < 4.78 is 56.0. The van der Waals surface area contributed by atoms with E-state index in [-0.39, 0.29) is 14.0 Å². The van der Waals surface area contributed by atoms with Gasteiger partial charge in [0.05, 0.1) is 42.7 Å². The van der Waals surface area contributed by atoms with Crippen molar-refractivity contribution in [2.45, 2.75) is 30.7 Å². The highest BCUT2D eigenvalue weighted by molar-refractivity contribution is 14.1. The standard InChI is InChI=1S/C11H14INO4S2.C9H12INO3S2.CH4/c1-4-17-11(14)7-5-8(12)9(6-10(7)18-2)13-19(3,15)16;1-15-9-4-8(11-16(2,13)14)7(10)3-6(9)5-12;/h5-6,13H,4H2,1-3H3;3-4,11-12H,5H2,1-2H3;1H4. The number of anilines is 2. The largest absolute Gasteiger partial charge is 0.462 e. The lowest BCUT2D eigenvalue weighted by atomic mass is 10.2. The van der Waals surface area contributed by atoms with Gasteiger partial charge < -0.3 is 9.84 Å². The Hall–Kier alpha value is -0.470. The third-order valence-electron chi connectivity index (χ3n) is 3.92. The van der Waals surface area contributed by atoms with Crippen LogP contribution in [0.15, 0.2) is 34.1 Å². The van der Waals surface area contributed by atoms with Crippen LogP contribution >= 0.6 is 68.7 Å². The van der Waals surface area contributed by atoms with Gasteiger partial charge >= 0.3 is 5.97 Å². The lowest BCUT2D eigenvalue weighted by molar-refractivity contribution is 0.0522. The fourth-order valence-corrected chi connectivity index (χ4v) is 6.55. The van der Waals surface area contributed by atoms with E-state index in [0.717, 1.165) is 26.5 Å². The van der Waals surface area contributed by atoms with Crippen LogP contribution in [-0.2, 0) is 31.4 Å². The van der Waals surface area contributed by atoms with Crippen molar-refractivity contribution >= 4 is 106 Å². The number of aliphatic hydroxyl groups excluding tert-OH is 1. The summed E-state index contributed by atoms with van der Waals surface area (Å²) in [6.07, 6.45) is 5.89. The number of nitrogens with one attached hydrogen (secondary N) is 2. The number of aliphatic hydroxyl groups is 1. The van der Waals surface area contributed by atoms with Crippen molar-refractivity contribution in [1.82, 2.24) is 0 Å². The fraction of sp³-hybridized carbons (Fsp3) is 0.381. The van der Waals surface area contributed by atoms with E-state index in [1.54, 1.807) is 31.2 Å². The third kappa shape index (κ3) is 11.9. The number of ether oxygens (including phenoxy) is 1. The molecule has 0 spiro atoms. The number of benzene rings is 2. The minimum absolute atomic E-state index is 0. The summed E-state index contributed by atoms with van der Waals surface area (Å²) in [5, 5.41) is 9.14. The quantitative estimate of drug-likeness (QED) is 0.180. The van der Waals surface area contributed by atoms with Gasteiger partial charge in [0.15, 0.2) is 0 Å². The second kappa shape index (κ2) is 15.8. The van der Waals surface area contributed by atoms with Crippen molar-refractivity contribution < 1.29 is 31.5 Å². The van der Waals surface area contributed by atoms with Crippen LogP contribution in [0.2, 0.25) is 0 Å². The zero-order chi connectivity index (χ0) is 27.0. The van der Waals surface area contributed by atoms with Crippen molar-refractivity contribution in [1.29, 1.82) is 0 Å². The topological polar surface area (TPSA) is 139 Å². The molecule has 36 heavy (non-hydrogen) atoms. The van der Waals surface area contributed by atoms with Gasteiger partial charge in [-0.3, -0.25) is 9.44 Å². The maximum atomic E-state index is 11.8. The highest BCUT2D eigenvalue weighted by Gasteiger charge is 2.17. The van der Waals surface area contributed by atoms with E-state index in [2.05, 4.69) is 9.44 Å². The molecule has 0 aromatic heterocycles. The Morgan fingerprint density at radius 3 is 1.75 bits per heavy atom. The lowest BCUT2D eigenvalue weighted by Gasteiger charge is -2.12. The summed E-state index contributed by atoms with van der Waals surface area (Å²) in [4.78, 5) is 13.3. The summed E-state index contributed by atoms with van der Waals surface area (Å²) in [5.41, 5.74) is 2.25. The van der Waals surface area contributed by atoms with Gasteiger partial charge in [0.25, 0.3) is 0 Å². The molecule has 0 unspecified atom stereocenters. The molecule has 0 bridgehead atoms. The molecule has 0 aliphatic carbocycles. The molecule has 0 radical (unpaired) electrons. The number of carbonyl (C=O) groups is 1. The van der Waals surface area contributed by atoms with Crippen LogP contribution in [0.5, 0.6) is 0 Å². The molecule has 2 aromatic carbocycles. The number of esters is 1. The normalized spacial score (nSPS) is 11.0. The Balaban J connectivity index is 0.000000671. The van der Waals surface area contributed by atoms with Crippen molar-refractivity contribution in [3.05, 3.63) is 42.5 Å². The summed E-state index contributed by atoms with van der Waals surface area (Å²) in [6, 6.07) is 6.77. The maximum Gasteiger partial charge on any atom is 0.339 e. The first kappa shape index (κ1) is 35.5. The average Bonchev–Trinajstić information content (AvgIpc) is 2.74. The molecular weight excluding hydrogens is 774 g/mol. The van der Waals surface area contributed by atoms with Crippen molar-refractivity contribution in [3.63, 3.8) is 0 Å². The van der Waals surface area contributed by atoms with Crippen LogP contribution in [0.3, 0.4) is 0 Å². The molecule has 0 aliphatic rings. The predicted octanol–water partition coefficient (Wildman–Crippen LogP) is 5.07. The first-order valence-electron chi connectivity index (χ1n) is 9.63. The Kier molecular flexibility index (Phi) is 15.6. The number of rotatable bonds is 9. The van der Waals surface area contributed by atoms with E-state index in [4.69, 9.17) is 9.84 Å². The Bertz CT molecular complexity index is 1270. The highest BCUT2D eigenvalue weighted by Crippen LogP contribution is 2.31. The SMILES string of the molecule is C.CCOC(=O)c1cc(I)c(NS(C)(=O)=O)cc1SC.CSc1cc(NS(C)(=O)=O)c(I)cc1CO. The minimum atomic E-state index is -3.35. The van der Waals surface area contributed by atoms with Gasteiger partial charge in [-0.15, -0.1) is 23.5 Å². The van der Waals surface area contributed by atoms with Gasteiger partial charge in [-0.1, -0.05) is 7.43 Å². The third-order valence-corrected chi connectivity index (χ3v) is 8.48. The summed E-state index contributed by atoms with van der Waals surface area (Å²) in [6.45, 7) is 1.99. The zero-order valence-electron chi connectivity index (χ0n) is 19.5. The Morgan fingerprint density at radius 2 is 1.36 bits per heavy atom. The molecule has 9 nitrogen and oxygen atoms in total. The van der Waals surface area contributed by atoms with Gasteiger partial charge in [-0.25, -0.2) is 21.6 Å². The molecule has 0 aliphatic heterocycles. The summed E-state index contributed by atoms with van der Waals surface area (Å²) in [5.74, 6) is -0.407. The number of hydrogen-bond acceptors (Lipinski definition) is 9. The fourth-order valence-electron chi connectivity index (χ4n) is 2.55. The molecule has 3 N–H and O–H groups in total.